The van der Waals surface area contributed by atoms with E-state index in [1.165, 1.54) is 27.7 Å². The van der Waals surface area contributed by atoms with Crippen LogP contribution in [0.15, 0.2) is 64.9 Å². The fourth-order valence-electron chi connectivity index (χ4n) is 2.65. The second-order valence-electron chi connectivity index (χ2n) is 5.27. The van der Waals surface area contributed by atoms with Crippen LogP contribution in [-0.2, 0) is 11.5 Å². The van der Waals surface area contributed by atoms with Crippen molar-refractivity contribution in [3.63, 3.8) is 0 Å². The van der Waals surface area contributed by atoms with Gasteiger partial charge in [-0.2, -0.15) is 11.8 Å². The van der Waals surface area contributed by atoms with Crippen LogP contribution in [0.4, 0.5) is 0 Å². The molecule has 0 spiro atoms. The van der Waals surface area contributed by atoms with Gasteiger partial charge in [0.15, 0.2) is 4.96 Å². The zero-order chi connectivity index (χ0) is 15.6. The second-order valence-corrected chi connectivity index (χ2v) is 7.13. The molecule has 0 saturated heterocycles. The second kappa shape index (κ2) is 6.18. The Kier molecular flexibility index (Phi) is 3.89. The van der Waals surface area contributed by atoms with Gasteiger partial charge in [-0.25, -0.2) is 4.98 Å². The number of benzene rings is 2. The Morgan fingerprint density at radius 1 is 1.09 bits per heavy atom. The largest absolute Gasteiger partial charge is 0.269 e. The number of fused-ring (bicyclic) bond motifs is 2. The molecule has 0 radical (unpaired) electrons. The molecule has 0 N–H and O–H groups in total. The zero-order valence-corrected chi connectivity index (χ0v) is 13.9. The molecule has 0 fully saturated rings. The highest BCUT2D eigenvalue weighted by atomic mass is 32.2. The monoisotopic (exact) mass is 338 g/mol. The first kappa shape index (κ1) is 14.5. The minimum absolute atomic E-state index is 0.00277. The molecule has 4 rings (SSSR count). The molecule has 0 unspecified atom stereocenters. The van der Waals surface area contributed by atoms with Gasteiger partial charge in [0.25, 0.3) is 5.56 Å². The van der Waals surface area contributed by atoms with Gasteiger partial charge in [-0.05, 0) is 16.3 Å². The van der Waals surface area contributed by atoms with Gasteiger partial charge < -0.3 is 0 Å². The third kappa shape index (κ3) is 2.90. The molecule has 0 bridgehead atoms. The molecule has 114 valence electrons. The van der Waals surface area contributed by atoms with Crippen molar-refractivity contribution in [1.82, 2.24) is 9.38 Å². The molecule has 0 aliphatic rings. The molecule has 0 saturated carbocycles. The summed E-state index contributed by atoms with van der Waals surface area (Å²) in [6, 6.07) is 16.5. The average molecular weight is 338 g/mol. The number of aromatic nitrogens is 2. The van der Waals surface area contributed by atoms with Crippen molar-refractivity contribution in [3.05, 3.63) is 81.7 Å². The minimum atomic E-state index is -0.00277. The summed E-state index contributed by atoms with van der Waals surface area (Å²) in [5.41, 5.74) is 2.17. The van der Waals surface area contributed by atoms with Crippen molar-refractivity contribution in [1.29, 1.82) is 0 Å². The summed E-state index contributed by atoms with van der Waals surface area (Å²) in [5, 5.41) is 4.45. The standard InChI is InChI=1S/C18H14N2OS2/c21-17-10-15(19-18-20(17)8-9-23-18)12-22-11-14-6-3-5-13-4-1-2-7-16(13)14/h1-10H,11-12H2. The van der Waals surface area contributed by atoms with Crippen LogP contribution in [0.1, 0.15) is 11.3 Å². The Balaban J connectivity index is 1.53. The van der Waals surface area contributed by atoms with Crippen LogP contribution < -0.4 is 5.56 Å². The van der Waals surface area contributed by atoms with Crippen LogP contribution in [0, 0.1) is 0 Å². The van der Waals surface area contributed by atoms with Crippen LogP contribution >= 0.6 is 23.1 Å². The molecule has 0 atom stereocenters. The van der Waals surface area contributed by atoms with Crippen molar-refractivity contribution in [2.24, 2.45) is 0 Å². The molecule has 5 heteroatoms. The minimum Gasteiger partial charge on any atom is -0.269 e. The van der Waals surface area contributed by atoms with Crippen molar-refractivity contribution >= 4 is 38.8 Å². The number of nitrogens with zero attached hydrogens (tertiary/aromatic N) is 2. The Morgan fingerprint density at radius 3 is 2.91 bits per heavy atom. The van der Waals surface area contributed by atoms with Gasteiger partial charge in [-0.1, -0.05) is 42.5 Å². The van der Waals surface area contributed by atoms with E-state index in [-0.39, 0.29) is 5.56 Å². The average Bonchev–Trinajstić information content (AvgIpc) is 3.04. The van der Waals surface area contributed by atoms with Crippen molar-refractivity contribution in [2.75, 3.05) is 0 Å². The van der Waals surface area contributed by atoms with Crippen molar-refractivity contribution in [2.45, 2.75) is 11.5 Å². The molecule has 2 aromatic heterocycles. The first-order chi connectivity index (χ1) is 11.3. The topological polar surface area (TPSA) is 34.4 Å². The fourth-order valence-corrected chi connectivity index (χ4v) is 4.32. The van der Waals surface area contributed by atoms with Gasteiger partial charge >= 0.3 is 0 Å². The summed E-state index contributed by atoms with van der Waals surface area (Å²) < 4.78 is 1.59. The highest BCUT2D eigenvalue weighted by molar-refractivity contribution is 7.97. The van der Waals surface area contributed by atoms with E-state index >= 15 is 0 Å². The number of hydrogen-bond donors (Lipinski definition) is 0. The lowest BCUT2D eigenvalue weighted by molar-refractivity contribution is 1.04. The summed E-state index contributed by atoms with van der Waals surface area (Å²) in [7, 11) is 0. The van der Waals surface area contributed by atoms with Crippen molar-refractivity contribution < 1.29 is 0 Å². The third-order valence-electron chi connectivity index (χ3n) is 3.74. The van der Waals surface area contributed by atoms with E-state index in [9.17, 15) is 4.79 Å². The molecule has 23 heavy (non-hydrogen) atoms. The van der Waals surface area contributed by atoms with Gasteiger partial charge in [0.1, 0.15) is 0 Å². The van der Waals surface area contributed by atoms with Gasteiger partial charge in [0, 0.05) is 29.1 Å². The highest BCUT2D eigenvalue weighted by Crippen LogP contribution is 2.24. The Labute approximate surface area is 141 Å². The molecule has 2 heterocycles. The predicted octanol–water partition coefficient (Wildman–Crippen LogP) is 4.34. The number of thiazole rings is 1. The summed E-state index contributed by atoms with van der Waals surface area (Å²) in [6.45, 7) is 0. The molecule has 0 amide bonds. The summed E-state index contributed by atoms with van der Waals surface area (Å²) in [6.07, 6.45) is 1.77. The Bertz CT molecular complexity index is 1030. The summed E-state index contributed by atoms with van der Waals surface area (Å²) in [5.74, 6) is 1.65. The van der Waals surface area contributed by atoms with Gasteiger partial charge in [-0.3, -0.25) is 9.20 Å². The first-order valence-corrected chi connectivity index (χ1v) is 9.35. The normalized spacial score (nSPS) is 11.3. The third-order valence-corrected chi connectivity index (χ3v) is 5.52. The molecule has 2 aromatic carbocycles. The van der Waals surface area contributed by atoms with Gasteiger partial charge in [-0.15, -0.1) is 11.3 Å². The first-order valence-electron chi connectivity index (χ1n) is 7.31. The van der Waals surface area contributed by atoms with Crippen LogP contribution in [0.3, 0.4) is 0 Å². The predicted molar refractivity (Wildman–Crippen MR) is 98.3 cm³/mol. The molecular weight excluding hydrogens is 324 g/mol. The lowest BCUT2D eigenvalue weighted by Crippen LogP contribution is -2.12. The smallest absolute Gasteiger partial charge is 0.258 e. The van der Waals surface area contributed by atoms with Crippen molar-refractivity contribution in [3.8, 4) is 0 Å². The van der Waals surface area contributed by atoms with E-state index < -0.39 is 0 Å². The lowest BCUT2D eigenvalue weighted by Gasteiger charge is -2.06. The number of hydrogen-bond acceptors (Lipinski definition) is 4. The highest BCUT2D eigenvalue weighted by Gasteiger charge is 2.05. The van der Waals surface area contributed by atoms with E-state index in [0.29, 0.717) is 0 Å². The van der Waals surface area contributed by atoms with Gasteiger partial charge in [0.05, 0.1) is 5.69 Å². The van der Waals surface area contributed by atoms with Crippen LogP contribution in [-0.4, -0.2) is 9.38 Å². The van der Waals surface area contributed by atoms with E-state index in [1.807, 2.05) is 5.38 Å². The van der Waals surface area contributed by atoms with E-state index in [0.717, 1.165) is 22.2 Å². The molecule has 3 nitrogen and oxygen atoms in total. The van der Waals surface area contributed by atoms with E-state index in [2.05, 4.69) is 47.4 Å². The number of thioether (sulfide) groups is 1. The van der Waals surface area contributed by atoms with Crippen LogP contribution in [0.2, 0.25) is 0 Å². The maximum absolute atomic E-state index is 12.0. The molecule has 4 aromatic rings. The summed E-state index contributed by atoms with van der Waals surface area (Å²) >= 11 is 3.28. The van der Waals surface area contributed by atoms with E-state index in [4.69, 9.17) is 0 Å². The molecular formula is C18H14N2OS2. The lowest BCUT2D eigenvalue weighted by atomic mass is 10.1. The maximum Gasteiger partial charge on any atom is 0.258 e. The van der Waals surface area contributed by atoms with Gasteiger partial charge in [0.2, 0.25) is 0 Å². The Morgan fingerprint density at radius 2 is 1.96 bits per heavy atom. The van der Waals surface area contributed by atoms with Crippen LogP contribution in [0.5, 0.6) is 0 Å². The molecule has 0 aliphatic carbocycles. The van der Waals surface area contributed by atoms with E-state index in [1.54, 1.807) is 28.4 Å². The SMILES string of the molecule is O=c1cc(CSCc2cccc3ccccc23)nc2sccn12. The van der Waals surface area contributed by atoms with Crippen LogP contribution in [0.25, 0.3) is 15.7 Å². The zero-order valence-electron chi connectivity index (χ0n) is 12.3. The quantitative estimate of drug-likeness (QED) is 0.555. The molecule has 0 aliphatic heterocycles. The summed E-state index contributed by atoms with van der Waals surface area (Å²) in [4.78, 5) is 17.3. The Hall–Kier alpha value is -2.11. The fraction of sp³-hybridized carbons (Fsp3) is 0.111. The number of rotatable bonds is 4. The maximum atomic E-state index is 12.0.